The topological polar surface area (TPSA) is 12.0 Å². The van der Waals surface area contributed by atoms with Crippen LogP contribution in [0.15, 0.2) is 12.2 Å². The molecule has 2 saturated carbocycles. The second-order valence-electron chi connectivity index (χ2n) is 4.18. The Morgan fingerprint density at radius 3 is 2.64 bits per heavy atom. The molecule has 2 fully saturated rings. The molecule has 0 aliphatic heterocycles. The Kier molecular flexibility index (Phi) is 1.26. The second-order valence-corrected chi connectivity index (χ2v) is 4.18. The van der Waals surface area contributed by atoms with Gasteiger partial charge in [0, 0.05) is 11.5 Å². The maximum absolute atomic E-state index is 4.11. The van der Waals surface area contributed by atoms with Crippen molar-refractivity contribution in [3.8, 4) is 0 Å². The molecule has 2 aliphatic rings. The zero-order valence-corrected chi connectivity index (χ0v) is 7.65. The molecule has 0 bridgehead atoms. The lowest BCUT2D eigenvalue weighted by Gasteiger charge is -2.40. The molecular formula is C10H17N. The maximum atomic E-state index is 4.11. The van der Waals surface area contributed by atoms with Gasteiger partial charge in [0.1, 0.15) is 0 Å². The van der Waals surface area contributed by atoms with Crippen molar-refractivity contribution in [2.45, 2.75) is 26.8 Å². The maximum Gasteiger partial charge on any atom is 0.0195 e. The summed E-state index contributed by atoms with van der Waals surface area (Å²) in [5.41, 5.74) is 1.96. The SMILES string of the molecule is C=C1C2C(C)C(NCC)C12C. The van der Waals surface area contributed by atoms with E-state index in [-0.39, 0.29) is 0 Å². The van der Waals surface area contributed by atoms with Gasteiger partial charge in [0.25, 0.3) is 0 Å². The van der Waals surface area contributed by atoms with Gasteiger partial charge in [0.2, 0.25) is 0 Å². The van der Waals surface area contributed by atoms with Crippen molar-refractivity contribution in [1.29, 1.82) is 0 Å². The van der Waals surface area contributed by atoms with Gasteiger partial charge in [0.15, 0.2) is 0 Å². The lowest BCUT2D eigenvalue weighted by Crippen LogP contribution is -2.50. The summed E-state index contributed by atoms with van der Waals surface area (Å²) in [6.45, 7) is 12.0. The highest BCUT2D eigenvalue weighted by molar-refractivity contribution is 5.46. The Morgan fingerprint density at radius 2 is 2.27 bits per heavy atom. The summed E-state index contributed by atoms with van der Waals surface area (Å²) in [7, 11) is 0. The third kappa shape index (κ3) is 0.610. The first-order valence-electron chi connectivity index (χ1n) is 4.56. The van der Waals surface area contributed by atoms with Crippen LogP contribution in [0.2, 0.25) is 0 Å². The summed E-state index contributed by atoms with van der Waals surface area (Å²) in [5, 5.41) is 3.53. The van der Waals surface area contributed by atoms with E-state index in [1.807, 2.05) is 0 Å². The summed E-state index contributed by atoms with van der Waals surface area (Å²) in [5.74, 6) is 1.67. The van der Waals surface area contributed by atoms with E-state index in [0.717, 1.165) is 18.4 Å². The fraction of sp³-hybridized carbons (Fsp3) is 0.800. The molecule has 2 aliphatic carbocycles. The summed E-state index contributed by atoms with van der Waals surface area (Å²) in [4.78, 5) is 0. The molecule has 11 heavy (non-hydrogen) atoms. The molecular weight excluding hydrogens is 134 g/mol. The van der Waals surface area contributed by atoms with E-state index in [9.17, 15) is 0 Å². The molecule has 4 atom stereocenters. The zero-order valence-electron chi connectivity index (χ0n) is 7.65. The van der Waals surface area contributed by atoms with Crippen LogP contribution in [0, 0.1) is 17.3 Å². The van der Waals surface area contributed by atoms with Gasteiger partial charge in [0.05, 0.1) is 0 Å². The van der Waals surface area contributed by atoms with Gasteiger partial charge in [-0.1, -0.05) is 32.9 Å². The van der Waals surface area contributed by atoms with Crippen molar-refractivity contribution in [3.63, 3.8) is 0 Å². The first kappa shape index (κ1) is 7.35. The number of nitrogens with one attached hydrogen (secondary N) is 1. The Hall–Kier alpha value is -0.300. The van der Waals surface area contributed by atoms with Crippen molar-refractivity contribution < 1.29 is 0 Å². The van der Waals surface area contributed by atoms with Gasteiger partial charge in [-0.25, -0.2) is 0 Å². The number of rotatable bonds is 2. The van der Waals surface area contributed by atoms with Gasteiger partial charge in [-0.3, -0.25) is 0 Å². The zero-order chi connectivity index (χ0) is 8.22. The Morgan fingerprint density at radius 1 is 1.64 bits per heavy atom. The van der Waals surface area contributed by atoms with E-state index in [1.165, 1.54) is 5.57 Å². The molecule has 0 aromatic heterocycles. The summed E-state index contributed by atoms with van der Waals surface area (Å²) in [6, 6.07) is 0.713. The van der Waals surface area contributed by atoms with Crippen LogP contribution in [0.3, 0.4) is 0 Å². The molecule has 0 radical (unpaired) electrons. The number of fused-ring (bicyclic) bond motifs is 1. The minimum Gasteiger partial charge on any atom is -0.313 e. The van der Waals surface area contributed by atoms with Crippen LogP contribution in [-0.2, 0) is 0 Å². The Labute approximate surface area is 68.9 Å². The molecule has 4 unspecified atom stereocenters. The molecule has 62 valence electrons. The molecule has 0 spiro atoms. The van der Waals surface area contributed by atoms with E-state index in [0.29, 0.717) is 11.5 Å². The molecule has 2 rings (SSSR count). The van der Waals surface area contributed by atoms with Crippen LogP contribution in [0.25, 0.3) is 0 Å². The molecule has 1 nitrogen and oxygen atoms in total. The van der Waals surface area contributed by atoms with Crippen LogP contribution in [0.5, 0.6) is 0 Å². The highest BCUT2D eigenvalue weighted by atomic mass is 15.0. The van der Waals surface area contributed by atoms with Crippen LogP contribution >= 0.6 is 0 Å². The van der Waals surface area contributed by atoms with Gasteiger partial charge < -0.3 is 5.32 Å². The Bertz CT molecular complexity index is 209. The average molecular weight is 151 g/mol. The van der Waals surface area contributed by atoms with Gasteiger partial charge in [-0.15, -0.1) is 0 Å². The predicted octanol–water partition coefficient (Wildman–Crippen LogP) is 1.81. The van der Waals surface area contributed by atoms with Crippen LogP contribution in [0.1, 0.15) is 20.8 Å². The predicted molar refractivity (Wildman–Crippen MR) is 47.4 cm³/mol. The summed E-state index contributed by atoms with van der Waals surface area (Å²) < 4.78 is 0. The fourth-order valence-corrected chi connectivity index (χ4v) is 3.06. The van der Waals surface area contributed by atoms with Crippen molar-refractivity contribution >= 4 is 0 Å². The first-order chi connectivity index (χ1) is 5.14. The fourth-order valence-electron chi connectivity index (χ4n) is 3.06. The van der Waals surface area contributed by atoms with Crippen molar-refractivity contribution in [1.82, 2.24) is 5.32 Å². The van der Waals surface area contributed by atoms with Gasteiger partial charge >= 0.3 is 0 Å². The highest BCUT2D eigenvalue weighted by Gasteiger charge is 2.72. The average Bonchev–Trinajstić information content (AvgIpc) is 2.47. The third-order valence-corrected chi connectivity index (χ3v) is 3.75. The van der Waals surface area contributed by atoms with Gasteiger partial charge in [-0.2, -0.15) is 0 Å². The summed E-state index contributed by atoms with van der Waals surface area (Å²) >= 11 is 0. The quantitative estimate of drug-likeness (QED) is 0.593. The number of hydrogen-bond acceptors (Lipinski definition) is 1. The molecule has 0 aromatic carbocycles. The van der Waals surface area contributed by atoms with Crippen molar-refractivity contribution in [3.05, 3.63) is 12.2 Å². The third-order valence-electron chi connectivity index (χ3n) is 3.75. The minimum atomic E-state index is 0.482. The summed E-state index contributed by atoms with van der Waals surface area (Å²) in [6.07, 6.45) is 0. The van der Waals surface area contributed by atoms with E-state index in [2.05, 4.69) is 32.7 Å². The second kappa shape index (κ2) is 1.89. The minimum absolute atomic E-state index is 0.482. The molecule has 0 amide bonds. The molecule has 0 saturated heterocycles. The van der Waals surface area contributed by atoms with Crippen LogP contribution < -0.4 is 5.32 Å². The molecule has 0 heterocycles. The van der Waals surface area contributed by atoms with E-state index in [4.69, 9.17) is 0 Å². The Balaban J connectivity index is 2.08. The van der Waals surface area contributed by atoms with Crippen LogP contribution in [0.4, 0.5) is 0 Å². The first-order valence-corrected chi connectivity index (χ1v) is 4.56. The molecule has 1 N–H and O–H groups in total. The lowest BCUT2D eigenvalue weighted by atomic mass is 9.72. The van der Waals surface area contributed by atoms with Crippen molar-refractivity contribution in [2.24, 2.45) is 17.3 Å². The van der Waals surface area contributed by atoms with Crippen LogP contribution in [-0.4, -0.2) is 12.6 Å². The monoisotopic (exact) mass is 151 g/mol. The largest absolute Gasteiger partial charge is 0.313 e. The van der Waals surface area contributed by atoms with Crippen molar-refractivity contribution in [2.75, 3.05) is 6.54 Å². The van der Waals surface area contributed by atoms with E-state index in [1.54, 1.807) is 0 Å². The smallest absolute Gasteiger partial charge is 0.0195 e. The van der Waals surface area contributed by atoms with E-state index >= 15 is 0 Å². The molecule has 1 heteroatoms. The molecule has 0 aromatic rings. The normalized spacial score (nSPS) is 53.4. The standard InChI is InChI=1S/C10H17N/c1-5-11-9-6(2)8-7(3)10(8,9)4/h6,8-9,11H,3,5H2,1-2,4H3. The number of hydrogen-bond donors (Lipinski definition) is 1. The lowest BCUT2D eigenvalue weighted by molar-refractivity contribution is 0.129. The van der Waals surface area contributed by atoms with E-state index < -0.39 is 0 Å². The highest BCUT2D eigenvalue weighted by Crippen LogP contribution is 2.73. The van der Waals surface area contributed by atoms with Gasteiger partial charge in [-0.05, 0) is 18.4 Å².